The standard InChI is InChI=1S/C26H19BrN2O4/c1-2-15-6-9-18(10-7-15)29-23(19-5-3-4-12-28-19)22(25(31)26(29)32)24(30)21-14-16-13-17(27)8-11-20(16)33-21/h3-14,23,31H,2H2,1H3. The van der Waals surface area contributed by atoms with E-state index in [9.17, 15) is 14.7 Å². The smallest absolute Gasteiger partial charge is 0.294 e. The number of carbonyl (C=O) groups excluding carboxylic acids is 2. The van der Waals surface area contributed by atoms with Crippen molar-refractivity contribution >= 4 is 44.3 Å². The van der Waals surface area contributed by atoms with E-state index in [1.807, 2.05) is 43.3 Å². The van der Waals surface area contributed by atoms with Crippen LogP contribution in [-0.2, 0) is 11.2 Å². The van der Waals surface area contributed by atoms with Crippen molar-refractivity contribution in [2.75, 3.05) is 4.90 Å². The molecule has 33 heavy (non-hydrogen) atoms. The summed E-state index contributed by atoms with van der Waals surface area (Å²) < 4.78 is 6.62. The van der Waals surface area contributed by atoms with Gasteiger partial charge in [0.05, 0.1) is 11.3 Å². The fourth-order valence-corrected chi connectivity index (χ4v) is 4.45. The number of hydrogen-bond acceptors (Lipinski definition) is 5. The number of furan rings is 1. The fraction of sp³-hybridized carbons (Fsp3) is 0.115. The Kier molecular flexibility index (Phi) is 5.34. The van der Waals surface area contributed by atoms with Gasteiger partial charge >= 0.3 is 0 Å². The Morgan fingerprint density at radius 3 is 2.61 bits per heavy atom. The lowest BCUT2D eigenvalue weighted by Crippen LogP contribution is -2.31. The molecule has 2 aromatic heterocycles. The molecule has 0 radical (unpaired) electrons. The van der Waals surface area contributed by atoms with E-state index in [1.165, 1.54) is 4.90 Å². The molecular weight excluding hydrogens is 484 g/mol. The number of ketones is 1. The second kappa shape index (κ2) is 8.33. The highest BCUT2D eigenvalue weighted by molar-refractivity contribution is 9.10. The molecular formula is C26H19BrN2O4. The summed E-state index contributed by atoms with van der Waals surface area (Å²) >= 11 is 3.41. The Bertz CT molecular complexity index is 1410. The van der Waals surface area contributed by atoms with Gasteiger partial charge in [-0.2, -0.15) is 0 Å². The summed E-state index contributed by atoms with van der Waals surface area (Å²) in [5.41, 5.74) is 2.62. The van der Waals surface area contributed by atoms with Gasteiger partial charge in [0.1, 0.15) is 11.6 Å². The highest BCUT2D eigenvalue weighted by Crippen LogP contribution is 2.41. The molecule has 1 amide bonds. The lowest BCUT2D eigenvalue weighted by molar-refractivity contribution is -0.117. The van der Waals surface area contributed by atoms with Gasteiger partial charge in [-0.25, -0.2) is 0 Å². The number of aromatic nitrogens is 1. The van der Waals surface area contributed by atoms with Crippen LogP contribution in [0.1, 0.15) is 34.8 Å². The quantitative estimate of drug-likeness (QED) is 0.341. The van der Waals surface area contributed by atoms with Crippen LogP contribution in [0, 0.1) is 0 Å². The first-order valence-electron chi connectivity index (χ1n) is 10.5. The molecule has 164 valence electrons. The average molecular weight is 503 g/mol. The van der Waals surface area contributed by atoms with Crippen LogP contribution in [-0.4, -0.2) is 21.8 Å². The van der Waals surface area contributed by atoms with E-state index in [0.717, 1.165) is 21.8 Å². The van der Waals surface area contributed by atoms with Crippen LogP contribution in [0.5, 0.6) is 0 Å². The van der Waals surface area contributed by atoms with Crippen LogP contribution >= 0.6 is 15.9 Å². The highest BCUT2D eigenvalue weighted by Gasteiger charge is 2.46. The van der Waals surface area contributed by atoms with E-state index in [4.69, 9.17) is 4.42 Å². The number of Topliss-reactive ketones (excluding diaryl/α,β-unsaturated/α-hetero) is 1. The first-order valence-corrected chi connectivity index (χ1v) is 11.3. The summed E-state index contributed by atoms with van der Waals surface area (Å²) in [6.07, 6.45) is 2.45. The summed E-state index contributed by atoms with van der Waals surface area (Å²) in [5, 5.41) is 11.6. The highest BCUT2D eigenvalue weighted by atomic mass is 79.9. The van der Waals surface area contributed by atoms with Gasteiger partial charge in [0, 0.05) is 21.7 Å². The van der Waals surface area contributed by atoms with Gasteiger partial charge in [0.2, 0.25) is 5.78 Å². The Morgan fingerprint density at radius 2 is 1.91 bits per heavy atom. The predicted octanol–water partition coefficient (Wildman–Crippen LogP) is 5.94. The fourth-order valence-electron chi connectivity index (χ4n) is 4.07. The number of aliphatic hydroxyl groups excluding tert-OH is 1. The largest absolute Gasteiger partial charge is 0.503 e. The Balaban J connectivity index is 1.63. The van der Waals surface area contributed by atoms with E-state index in [1.54, 1.807) is 36.5 Å². The zero-order chi connectivity index (χ0) is 23.1. The van der Waals surface area contributed by atoms with Crippen LogP contribution in [0.3, 0.4) is 0 Å². The first kappa shape index (κ1) is 21.2. The molecule has 4 aromatic rings. The number of benzene rings is 2. The molecule has 0 spiro atoms. The van der Waals surface area contributed by atoms with Gasteiger partial charge < -0.3 is 9.52 Å². The minimum absolute atomic E-state index is 0.0431. The minimum atomic E-state index is -0.890. The average Bonchev–Trinajstić information content (AvgIpc) is 3.38. The maximum atomic E-state index is 13.6. The third-order valence-electron chi connectivity index (χ3n) is 5.75. The van der Waals surface area contributed by atoms with E-state index in [0.29, 0.717) is 17.0 Å². The summed E-state index contributed by atoms with van der Waals surface area (Å²) in [4.78, 5) is 32.6. The third kappa shape index (κ3) is 3.64. The second-order valence-corrected chi connectivity index (χ2v) is 8.65. The molecule has 1 unspecified atom stereocenters. The SMILES string of the molecule is CCc1ccc(N2C(=O)C(O)=C(C(=O)c3cc4cc(Br)ccc4o3)C2c2ccccn2)cc1. The number of amides is 1. The van der Waals surface area contributed by atoms with Gasteiger partial charge in [-0.15, -0.1) is 0 Å². The zero-order valence-corrected chi connectivity index (χ0v) is 19.2. The third-order valence-corrected chi connectivity index (χ3v) is 6.24. The van der Waals surface area contributed by atoms with Crippen molar-refractivity contribution in [3.8, 4) is 0 Å². The minimum Gasteiger partial charge on any atom is -0.503 e. The molecule has 1 aliphatic heterocycles. The Labute approximate surface area is 198 Å². The molecule has 6 nitrogen and oxygen atoms in total. The van der Waals surface area contributed by atoms with Crippen LogP contribution in [0.15, 0.2) is 93.1 Å². The van der Waals surface area contributed by atoms with Gasteiger partial charge in [-0.05, 0) is 60.5 Å². The number of rotatable bonds is 5. The van der Waals surface area contributed by atoms with Crippen molar-refractivity contribution in [3.63, 3.8) is 0 Å². The number of nitrogens with zero attached hydrogens (tertiary/aromatic N) is 2. The van der Waals surface area contributed by atoms with Crippen molar-refractivity contribution < 1.29 is 19.1 Å². The molecule has 7 heteroatoms. The number of carbonyl (C=O) groups is 2. The first-order chi connectivity index (χ1) is 16.0. The van der Waals surface area contributed by atoms with Gasteiger partial charge in [-0.3, -0.25) is 19.5 Å². The molecule has 0 saturated carbocycles. The molecule has 1 N–H and O–H groups in total. The van der Waals surface area contributed by atoms with Crippen LogP contribution in [0.4, 0.5) is 5.69 Å². The van der Waals surface area contributed by atoms with Crippen molar-refractivity contribution in [2.45, 2.75) is 19.4 Å². The molecule has 0 saturated heterocycles. The molecule has 0 fully saturated rings. The van der Waals surface area contributed by atoms with Crippen molar-refractivity contribution in [1.29, 1.82) is 0 Å². The second-order valence-electron chi connectivity index (χ2n) is 7.74. The number of hydrogen-bond donors (Lipinski definition) is 1. The number of halogens is 1. The zero-order valence-electron chi connectivity index (χ0n) is 17.7. The molecule has 2 aromatic carbocycles. The molecule has 1 atom stereocenters. The van der Waals surface area contributed by atoms with Gasteiger partial charge in [0.15, 0.2) is 11.5 Å². The molecule has 5 rings (SSSR count). The topological polar surface area (TPSA) is 83.6 Å². The van der Waals surface area contributed by atoms with Gasteiger partial charge in [0.25, 0.3) is 5.91 Å². The van der Waals surface area contributed by atoms with Crippen molar-refractivity contribution in [3.05, 3.63) is 106 Å². The number of fused-ring (bicyclic) bond motifs is 1. The molecule has 0 bridgehead atoms. The Morgan fingerprint density at radius 1 is 1.12 bits per heavy atom. The lowest BCUT2D eigenvalue weighted by atomic mass is 9.98. The maximum Gasteiger partial charge on any atom is 0.294 e. The molecule has 1 aliphatic rings. The van der Waals surface area contributed by atoms with E-state index in [-0.39, 0.29) is 11.3 Å². The lowest BCUT2D eigenvalue weighted by Gasteiger charge is -2.26. The van der Waals surface area contributed by atoms with Crippen LogP contribution in [0.25, 0.3) is 11.0 Å². The number of aryl methyl sites for hydroxylation is 1. The van der Waals surface area contributed by atoms with E-state index < -0.39 is 23.5 Å². The normalized spacial score (nSPS) is 16.1. The van der Waals surface area contributed by atoms with Crippen LogP contribution in [0.2, 0.25) is 0 Å². The van der Waals surface area contributed by atoms with Crippen molar-refractivity contribution in [1.82, 2.24) is 4.98 Å². The predicted molar refractivity (Wildman–Crippen MR) is 128 cm³/mol. The van der Waals surface area contributed by atoms with Crippen LogP contribution < -0.4 is 4.90 Å². The number of anilines is 1. The maximum absolute atomic E-state index is 13.6. The van der Waals surface area contributed by atoms with E-state index >= 15 is 0 Å². The van der Waals surface area contributed by atoms with Crippen molar-refractivity contribution in [2.24, 2.45) is 0 Å². The molecule has 0 aliphatic carbocycles. The monoisotopic (exact) mass is 502 g/mol. The summed E-state index contributed by atoms with van der Waals surface area (Å²) in [7, 11) is 0. The summed E-state index contributed by atoms with van der Waals surface area (Å²) in [5.74, 6) is -1.77. The van der Waals surface area contributed by atoms with E-state index in [2.05, 4.69) is 20.9 Å². The van der Waals surface area contributed by atoms with Gasteiger partial charge in [-0.1, -0.05) is 41.1 Å². The molecule has 3 heterocycles. The number of aliphatic hydroxyl groups is 1. The summed E-state index contributed by atoms with van der Waals surface area (Å²) in [6.45, 7) is 2.04. The number of pyridine rings is 1. The summed E-state index contributed by atoms with van der Waals surface area (Å²) in [6, 6.07) is 18.9. The Hall–Kier alpha value is -3.71.